The molecular formula is C19H24N2O3. The molecule has 3 rings (SSSR count). The molecular weight excluding hydrogens is 304 g/mol. The molecule has 1 aromatic rings. The van der Waals surface area contributed by atoms with E-state index in [1.54, 1.807) is 24.3 Å². The molecule has 2 fully saturated rings. The minimum absolute atomic E-state index is 0.00956. The standard InChI is InChI=1S/C19H24N2O3/c1-18(2)13-10-11-19(3,12-13)15(18)20-16(23-4)21-17(22)24-14-8-6-5-7-9-14/h5-9,13H,10-12H2,1-4H3/b20-15+,21-16-/t13-,19+/m0/s1. The molecule has 2 aliphatic carbocycles. The Balaban J connectivity index is 1.82. The summed E-state index contributed by atoms with van der Waals surface area (Å²) < 4.78 is 10.4. The van der Waals surface area contributed by atoms with E-state index < -0.39 is 6.09 Å². The van der Waals surface area contributed by atoms with Gasteiger partial charge >= 0.3 is 12.1 Å². The zero-order valence-electron chi connectivity index (χ0n) is 14.7. The maximum atomic E-state index is 12.0. The summed E-state index contributed by atoms with van der Waals surface area (Å²) in [5.74, 6) is 1.08. The van der Waals surface area contributed by atoms with Crippen LogP contribution in [-0.4, -0.2) is 24.9 Å². The molecule has 24 heavy (non-hydrogen) atoms. The highest BCUT2D eigenvalue weighted by atomic mass is 16.6. The fourth-order valence-electron chi connectivity index (χ4n) is 4.22. The van der Waals surface area contributed by atoms with Crippen molar-refractivity contribution in [3.05, 3.63) is 30.3 Å². The van der Waals surface area contributed by atoms with Crippen LogP contribution in [0.25, 0.3) is 0 Å². The molecule has 0 saturated heterocycles. The number of carbonyl (C=O) groups is 1. The van der Waals surface area contributed by atoms with Crippen molar-refractivity contribution in [1.29, 1.82) is 0 Å². The largest absolute Gasteiger partial charge is 0.467 e. The first-order valence-corrected chi connectivity index (χ1v) is 8.34. The van der Waals surface area contributed by atoms with Gasteiger partial charge in [-0.3, -0.25) is 0 Å². The molecule has 5 heteroatoms. The second kappa shape index (κ2) is 6.04. The average Bonchev–Trinajstić information content (AvgIpc) is 3.02. The van der Waals surface area contributed by atoms with Crippen molar-refractivity contribution in [3.63, 3.8) is 0 Å². The lowest BCUT2D eigenvalue weighted by Crippen LogP contribution is -2.36. The van der Waals surface area contributed by atoms with Gasteiger partial charge in [0.1, 0.15) is 5.75 Å². The van der Waals surface area contributed by atoms with Gasteiger partial charge in [-0.2, -0.15) is 0 Å². The smallest absolute Gasteiger partial charge is 0.443 e. The third-order valence-electron chi connectivity index (χ3n) is 5.47. The molecule has 2 bridgehead atoms. The SMILES string of the molecule is COC(=N\C(=O)Oc1ccccc1)/N=C1\C(C)(C)[C@H]2CC[C@]1(C)C2. The Hall–Kier alpha value is -2.17. The number of amidine groups is 1. The Labute approximate surface area is 142 Å². The van der Waals surface area contributed by atoms with Crippen molar-refractivity contribution in [2.45, 2.75) is 40.0 Å². The van der Waals surface area contributed by atoms with Crippen molar-refractivity contribution in [3.8, 4) is 5.75 Å². The molecule has 0 N–H and O–H groups in total. The number of fused-ring (bicyclic) bond motifs is 2. The first-order valence-electron chi connectivity index (χ1n) is 8.34. The summed E-state index contributed by atoms with van der Waals surface area (Å²) in [6, 6.07) is 8.90. The number of aliphatic imine (C=N–C) groups is 2. The van der Waals surface area contributed by atoms with E-state index in [-0.39, 0.29) is 16.9 Å². The number of hydrogen-bond acceptors (Lipinski definition) is 3. The highest BCUT2D eigenvalue weighted by Gasteiger charge is 2.57. The average molecular weight is 328 g/mol. The van der Waals surface area contributed by atoms with Crippen molar-refractivity contribution < 1.29 is 14.3 Å². The number of para-hydroxylation sites is 1. The highest BCUT2D eigenvalue weighted by molar-refractivity contribution is 6.05. The zero-order valence-corrected chi connectivity index (χ0v) is 14.7. The Bertz CT molecular complexity index is 687. The summed E-state index contributed by atoms with van der Waals surface area (Å²) in [6.07, 6.45) is 2.78. The molecule has 2 saturated carbocycles. The molecule has 0 spiro atoms. The van der Waals surface area contributed by atoms with Crippen LogP contribution in [0.4, 0.5) is 4.79 Å². The van der Waals surface area contributed by atoms with Gasteiger partial charge in [-0.1, -0.05) is 39.0 Å². The van der Waals surface area contributed by atoms with Crippen LogP contribution in [0, 0.1) is 16.7 Å². The van der Waals surface area contributed by atoms with E-state index in [1.807, 2.05) is 6.07 Å². The maximum Gasteiger partial charge on any atom is 0.443 e. The number of nitrogens with zero attached hydrogens (tertiary/aromatic N) is 2. The lowest BCUT2D eigenvalue weighted by molar-refractivity contribution is 0.210. The third kappa shape index (κ3) is 2.95. The number of hydrogen-bond donors (Lipinski definition) is 0. The highest BCUT2D eigenvalue weighted by Crippen LogP contribution is 2.60. The molecule has 0 aliphatic heterocycles. The second-order valence-electron chi connectivity index (χ2n) is 7.46. The van der Waals surface area contributed by atoms with E-state index in [2.05, 4.69) is 30.8 Å². The number of rotatable bonds is 1. The molecule has 128 valence electrons. The normalized spacial score (nSPS) is 29.8. The van der Waals surface area contributed by atoms with Gasteiger partial charge in [-0.25, -0.2) is 9.79 Å². The van der Waals surface area contributed by atoms with E-state index in [1.165, 1.54) is 13.5 Å². The summed E-state index contributed by atoms with van der Waals surface area (Å²) in [4.78, 5) is 20.5. The number of benzene rings is 1. The van der Waals surface area contributed by atoms with Crippen LogP contribution in [0.2, 0.25) is 0 Å². The Kier molecular flexibility index (Phi) is 4.20. The minimum atomic E-state index is -0.728. The topological polar surface area (TPSA) is 60.2 Å². The van der Waals surface area contributed by atoms with Crippen LogP contribution in [0.1, 0.15) is 40.0 Å². The maximum absolute atomic E-state index is 12.0. The van der Waals surface area contributed by atoms with Crippen LogP contribution in [0.5, 0.6) is 5.75 Å². The van der Waals surface area contributed by atoms with E-state index in [0.29, 0.717) is 11.7 Å². The van der Waals surface area contributed by atoms with E-state index in [0.717, 1.165) is 18.6 Å². The van der Waals surface area contributed by atoms with E-state index in [9.17, 15) is 4.79 Å². The van der Waals surface area contributed by atoms with Crippen molar-refractivity contribution in [1.82, 2.24) is 0 Å². The molecule has 0 unspecified atom stereocenters. The Morgan fingerprint density at radius 3 is 2.50 bits per heavy atom. The minimum Gasteiger partial charge on any atom is -0.467 e. The molecule has 0 heterocycles. The monoisotopic (exact) mass is 328 g/mol. The van der Waals surface area contributed by atoms with Crippen LogP contribution < -0.4 is 4.74 Å². The molecule has 5 nitrogen and oxygen atoms in total. The quantitative estimate of drug-likeness (QED) is 0.564. The zero-order chi connectivity index (χ0) is 17.4. The summed E-state index contributed by atoms with van der Waals surface area (Å²) in [5, 5.41) is 0. The van der Waals surface area contributed by atoms with Crippen molar-refractivity contribution in [2.75, 3.05) is 7.11 Å². The number of ether oxygens (including phenoxy) is 2. The first-order chi connectivity index (χ1) is 11.3. The summed E-state index contributed by atoms with van der Waals surface area (Å²) in [5.41, 5.74) is 1.17. The van der Waals surface area contributed by atoms with Gasteiger partial charge in [-0.15, -0.1) is 4.99 Å². The van der Waals surface area contributed by atoms with Gasteiger partial charge in [0.25, 0.3) is 0 Å². The van der Waals surface area contributed by atoms with Crippen LogP contribution in [0.15, 0.2) is 40.3 Å². The predicted octanol–water partition coefficient (Wildman–Crippen LogP) is 4.48. The number of amides is 1. The summed E-state index contributed by atoms with van der Waals surface area (Å²) in [6.45, 7) is 6.68. The van der Waals surface area contributed by atoms with Gasteiger partial charge in [0, 0.05) is 16.5 Å². The van der Waals surface area contributed by atoms with Gasteiger partial charge in [0.05, 0.1) is 7.11 Å². The fraction of sp³-hybridized carbons (Fsp3) is 0.526. The van der Waals surface area contributed by atoms with Crippen molar-refractivity contribution >= 4 is 17.8 Å². The van der Waals surface area contributed by atoms with Crippen LogP contribution >= 0.6 is 0 Å². The molecule has 2 aliphatic rings. The number of methoxy groups -OCH3 is 1. The number of carbonyl (C=O) groups excluding carboxylic acids is 1. The lowest BCUT2D eigenvalue weighted by atomic mass is 9.71. The van der Waals surface area contributed by atoms with Gasteiger partial charge in [-0.05, 0) is 37.3 Å². The summed E-state index contributed by atoms with van der Waals surface area (Å²) >= 11 is 0. The predicted molar refractivity (Wildman–Crippen MR) is 93.6 cm³/mol. The molecule has 1 amide bonds. The fourth-order valence-corrected chi connectivity index (χ4v) is 4.22. The second-order valence-corrected chi connectivity index (χ2v) is 7.46. The lowest BCUT2D eigenvalue weighted by Gasteiger charge is -2.35. The Morgan fingerprint density at radius 1 is 1.21 bits per heavy atom. The molecule has 1 aromatic carbocycles. The van der Waals surface area contributed by atoms with E-state index >= 15 is 0 Å². The molecule has 2 atom stereocenters. The van der Waals surface area contributed by atoms with Crippen LogP contribution in [0.3, 0.4) is 0 Å². The Morgan fingerprint density at radius 2 is 1.92 bits per heavy atom. The molecule has 0 radical (unpaired) electrons. The van der Waals surface area contributed by atoms with Gasteiger partial charge in [0.15, 0.2) is 0 Å². The molecule has 0 aromatic heterocycles. The van der Waals surface area contributed by atoms with E-state index in [4.69, 9.17) is 9.47 Å². The third-order valence-corrected chi connectivity index (χ3v) is 5.47. The van der Waals surface area contributed by atoms with Gasteiger partial charge in [0.2, 0.25) is 0 Å². The summed E-state index contributed by atoms with van der Waals surface area (Å²) in [7, 11) is 1.47. The first kappa shape index (κ1) is 16.7. The van der Waals surface area contributed by atoms with Crippen molar-refractivity contribution in [2.24, 2.45) is 26.7 Å². The van der Waals surface area contributed by atoms with Crippen LogP contribution in [-0.2, 0) is 4.74 Å². The van der Waals surface area contributed by atoms with Gasteiger partial charge < -0.3 is 9.47 Å².